The Labute approximate surface area is 193 Å². The standard InChI is InChI=1S/C26H28N2O5/c1-18-23(27-25(33-18)21-5-3-2-4-6-21)15-16-31-22-12-9-19(10-13-22)11-14-24(26(29)30)28-32-17-20-7-8-20/h2-6,9-10,12-13,20H,7-8,11,14-17H2,1H3,(H,29,30). The molecule has 1 heterocycles. The molecule has 2 aromatic carbocycles. The molecule has 1 aliphatic rings. The molecule has 1 N–H and O–H groups in total. The molecule has 4 rings (SSSR count). The summed E-state index contributed by atoms with van der Waals surface area (Å²) >= 11 is 0. The molecule has 1 aliphatic carbocycles. The van der Waals surface area contributed by atoms with E-state index in [9.17, 15) is 9.90 Å². The van der Waals surface area contributed by atoms with E-state index in [0.29, 0.717) is 44.3 Å². The summed E-state index contributed by atoms with van der Waals surface area (Å²) in [5, 5.41) is 13.1. The van der Waals surface area contributed by atoms with Crippen LogP contribution in [0.1, 0.15) is 36.3 Å². The van der Waals surface area contributed by atoms with Gasteiger partial charge in [-0.25, -0.2) is 9.78 Å². The van der Waals surface area contributed by atoms with Gasteiger partial charge in [-0.15, -0.1) is 0 Å². The molecule has 1 fully saturated rings. The van der Waals surface area contributed by atoms with Crippen molar-refractivity contribution in [3.05, 3.63) is 71.6 Å². The van der Waals surface area contributed by atoms with Gasteiger partial charge in [-0.1, -0.05) is 35.5 Å². The minimum Gasteiger partial charge on any atom is -0.493 e. The number of carboxylic acids is 1. The molecule has 0 atom stereocenters. The Hall–Kier alpha value is -3.61. The molecular formula is C26H28N2O5. The third-order valence-electron chi connectivity index (χ3n) is 5.52. The second kappa shape index (κ2) is 10.8. The van der Waals surface area contributed by atoms with E-state index in [1.165, 1.54) is 0 Å². The molecule has 3 aromatic rings. The fraction of sp³-hybridized carbons (Fsp3) is 0.346. The number of rotatable bonds is 12. The van der Waals surface area contributed by atoms with Crippen LogP contribution in [-0.4, -0.2) is 35.0 Å². The molecule has 0 aliphatic heterocycles. The maximum atomic E-state index is 11.4. The first-order chi connectivity index (χ1) is 16.1. The lowest BCUT2D eigenvalue weighted by atomic mass is 10.1. The summed E-state index contributed by atoms with van der Waals surface area (Å²) in [6.07, 6.45) is 3.80. The average Bonchev–Trinajstić information content (AvgIpc) is 3.58. The summed E-state index contributed by atoms with van der Waals surface area (Å²) in [4.78, 5) is 21.1. The van der Waals surface area contributed by atoms with Crippen LogP contribution in [0.2, 0.25) is 0 Å². The molecule has 172 valence electrons. The molecular weight excluding hydrogens is 420 g/mol. The number of hydrogen-bond acceptors (Lipinski definition) is 6. The van der Waals surface area contributed by atoms with E-state index in [1.54, 1.807) is 0 Å². The van der Waals surface area contributed by atoms with Crippen molar-refractivity contribution in [2.75, 3.05) is 13.2 Å². The van der Waals surface area contributed by atoms with Crippen molar-refractivity contribution in [3.63, 3.8) is 0 Å². The summed E-state index contributed by atoms with van der Waals surface area (Å²) in [5.41, 5.74) is 2.90. The molecule has 1 saturated carbocycles. The lowest BCUT2D eigenvalue weighted by Gasteiger charge is -2.07. The van der Waals surface area contributed by atoms with Gasteiger partial charge in [-0.05, 0) is 61.9 Å². The number of oxazole rings is 1. The van der Waals surface area contributed by atoms with Crippen molar-refractivity contribution in [2.24, 2.45) is 11.1 Å². The Morgan fingerprint density at radius 1 is 1.12 bits per heavy atom. The molecule has 33 heavy (non-hydrogen) atoms. The van der Waals surface area contributed by atoms with Crippen LogP contribution >= 0.6 is 0 Å². The van der Waals surface area contributed by atoms with E-state index in [4.69, 9.17) is 14.0 Å². The number of aliphatic carboxylic acids is 1. The van der Waals surface area contributed by atoms with E-state index in [1.807, 2.05) is 61.5 Å². The largest absolute Gasteiger partial charge is 0.493 e. The van der Waals surface area contributed by atoms with Gasteiger partial charge < -0.3 is 19.1 Å². The summed E-state index contributed by atoms with van der Waals surface area (Å²) in [6.45, 7) is 2.90. The molecule has 0 unspecified atom stereocenters. The summed E-state index contributed by atoms with van der Waals surface area (Å²) < 4.78 is 11.7. The highest BCUT2D eigenvalue weighted by molar-refractivity contribution is 6.35. The van der Waals surface area contributed by atoms with Gasteiger partial charge in [0.05, 0.1) is 12.3 Å². The second-order valence-electron chi connectivity index (χ2n) is 8.21. The number of carboxylic acid groups (broad SMARTS) is 1. The van der Waals surface area contributed by atoms with Crippen molar-refractivity contribution in [2.45, 2.75) is 39.0 Å². The van der Waals surface area contributed by atoms with Crippen LogP contribution < -0.4 is 4.74 Å². The van der Waals surface area contributed by atoms with E-state index in [0.717, 1.165) is 41.2 Å². The van der Waals surface area contributed by atoms with Crippen LogP contribution in [0.4, 0.5) is 0 Å². The third kappa shape index (κ3) is 6.68. The molecule has 0 radical (unpaired) electrons. The van der Waals surface area contributed by atoms with Crippen molar-refractivity contribution >= 4 is 11.7 Å². The van der Waals surface area contributed by atoms with Crippen LogP contribution in [0.15, 0.2) is 64.2 Å². The van der Waals surface area contributed by atoms with Gasteiger partial charge in [0.15, 0.2) is 5.71 Å². The van der Waals surface area contributed by atoms with Crippen molar-refractivity contribution in [1.29, 1.82) is 0 Å². The fourth-order valence-electron chi connectivity index (χ4n) is 3.34. The minimum absolute atomic E-state index is 0.0498. The zero-order chi connectivity index (χ0) is 23.0. The third-order valence-corrected chi connectivity index (χ3v) is 5.52. The quantitative estimate of drug-likeness (QED) is 0.307. The Kier molecular flexibility index (Phi) is 7.40. The molecule has 1 aromatic heterocycles. The molecule has 0 spiro atoms. The number of hydrogen-bond donors (Lipinski definition) is 1. The summed E-state index contributed by atoms with van der Waals surface area (Å²) in [6, 6.07) is 17.5. The van der Waals surface area contributed by atoms with E-state index >= 15 is 0 Å². The first-order valence-corrected chi connectivity index (χ1v) is 11.2. The highest BCUT2D eigenvalue weighted by Gasteiger charge is 2.22. The van der Waals surface area contributed by atoms with Crippen LogP contribution in [0, 0.1) is 12.8 Å². The Morgan fingerprint density at radius 3 is 2.58 bits per heavy atom. The molecule has 0 amide bonds. The highest BCUT2D eigenvalue weighted by atomic mass is 16.6. The lowest BCUT2D eigenvalue weighted by molar-refractivity contribution is -0.129. The first-order valence-electron chi connectivity index (χ1n) is 11.2. The van der Waals surface area contributed by atoms with Crippen LogP contribution in [-0.2, 0) is 22.5 Å². The number of ether oxygens (including phenoxy) is 1. The SMILES string of the molecule is Cc1oc(-c2ccccc2)nc1CCOc1ccc(CCC(=NOCC2CC2)C(=O)O)cc1. The van der Waals surface area contributed by atoms with Crippen molar-refractivity contribution < 1.29 is 23.9 Å². The van der Waals surface area contributed by atoms with Crippen LogP contribution in [0.5, 0.6) is 5.75 Å². The Morgan fingerprint density at radius 2 is 1.88 bits per heavy atom. The predicted octanol–water partition coefficient (Wildman–Crippen LogP) is 5.07. The molecule has 7 nitrogen and oxygen atoms in total. The van der Waals surface area contributed by atoms with E-state index < -0.39 is 5.97 Å². The average molecular weight is 449 g/mol. The Balaban J connectivity index is 1.24. The van der Waals surface area contributed by atoms with E-state index in [-0.39, 0.29) is 5.71 Å². The van der Waals surface area contributed by atoms with Gasteiger partial charge in [0.2, 0.25) is 5.89 Å². The fourth-order valence-corrected chi connectivity index (χ4v) is 3.34. The van der Waals surface area contributed by atoms with Crippen LogP contribution in [0.3, 0.4) is 0 Å². The number of carbonyl (C=O) groups is 1. The summed E-state index contributed by atoms with van der Waals surface area (Å²) in [5.74, 6) is 1.67. The van der Waals surface area contributed by atoms with Gasteiger partial charge in [-0.3, -0.25) is 0 Å². The van der Waals surface area contributed by atoms with Crippen molar-refractivity contribution in [1.82, 2.24) is 4.98 Å². The van der Waals surface area contributed by atoms with Crippen LogP contribution in [0.25, 0.3) is 11.5 Å². The number of aryl methyl sites for hydroxylation is 2. The number of oxime groups is 1. The molecule has 7 heteroatoms. The van der Waals surface area contributed by atoms with E-state index in [2.05, 4.69) is 10.1 Å². The van der Waals surface area contributed by atoms with Gasteiger partial charge >= 0.3 is 5.97 Å². The van der Waals surface area contributed by atoms with Crippen molar-refractivity contribution in [3.8, 4) is 17.2 Å². The minimum atomic E-state index is -1.04. The summed E-state index contributed by atoms with van der Waals surface area (Å²) in [7, 11) is 0. The van der Waals surface area contributed by atoms with Gasteiger partial charge in [0, 0.05) is 18.4 Å². The topological polar surface area (TPSA) is 94.2 Å². The first kappa shape index (κ1) is 22.6. The molecule has 0 saturated heterocycles. The maximum Gasteiger partial charge on any atom is 0.353 e. The monoisotopic (exact) mass is 448 g/mol. The van der Waals surface area contributed by atoms with Gasteiger partial charge in [0.1, 0.15) is 18.1 Å². The number of aromatic nitrogens is 1. The van der Waals surface area contributed by atoms with Gasteiger partial charge in [-0.2, -0.15) is 0 Å². The molecule has 0 bridgehead atoms. The number of nitrogens with zero attached hydrogens (tertiary/aromatic N) is 2. The lowest BCUT2D eigenvalue weighted by Crippen LogP contribution is -2.15. The maximum absolute atomic E-state index is 11.4. The predicted molar refractivity (Wildman–Crippen MR) is 124 cm³/mol. The normalized spacial score (nSPS) is 13.7. The second-order valence-corrected chi connectivity index (χ2v) is 8.21. The zero-order valence-corrected chi connectivity index (χ0v) is 18.7. The number of benzene rings is 2. The smallest absolute Gasteiger partial charge is 0.353 e. The Bertz CT molecular complexity index is 1090. The highest BCUT2D eigenvalue weighted by Crippen LogP contribution is 2.28. The van der Waals surface area contributed by atoms with Gasteiger partial charge in [0.25, 0.3) is 0 Å². The zero-order valence-electron chi connectivity index (χ0n) is 18.7.